The molecule has 3 N–H and O–H groups in total. The van der Waals surface area contributed by atoms with Gasteiger partial charge < -0.3 is 20.5 Å². The van der Waals surface area contributed by atoms with Crippen molar-refractivity contribution in [3.8, 4) is 0 Å². The Morgan fingerprint density at radius 3 is 2.53 bits per heavy atom. The Balaban J connectivity index is 0.00000256. The van der Waals surface area contributed by atoms with E-state index in [-0.39, 0.29) is 35.7 Å². The zero-order valence-electron chi connectivity index (χ0n) is 10.9. The van der Waals surface area contributed by atoms with Gasteiger partial charge in [0.2, 0.25) is 0 Å². The molecule has 1 rings (SSSR count). The first-order valence-corrected chi connectivity index (χ1v) is 5.75. The van der Waals surface area contributed by atoms with Gasteiger partial charge in [0, 0.05) is 19.0 Å². The van der Waals surface area contributed by atoms with E-state index in [1.54, 1.807) is 7.05 Å². The number of rotatable bonds is 5. The maximum absolute atomic E-state index is 5.53. The van der Waals surface area contributed by atoms with Crippen LogP contribution in [0.3, 0.4) is 0 Å². The molecule has 0 atom stereocenters. The Bertz CT molecular complexity index is 241. The van der Waals surface area contributed by atoms with Crippen LogP contribution >= 0.6 is 24.0 Å². The van der Waals surface area contributed by atoms with E-state index >= 15 is 0 Å². The molecule has 17 heavy (non-hydrogen) atoms. The number of ether oxygens (including phenoxy) is 2. The molecule has 0 aliphatic carbocycles. The second kappa shape index (κ2) is 8.10. The van der Waals surface area contributed by atoms with E-state index < -0.39 is 0 Å². The lowest BCUT2D eigenvalue weighted by Crippen LogP contribution is -2.34. The van der Waals surface area contributed by atoms with Gasteiger partial charge in [0.05, 0.1) is 13.2 Å². The van der Waals surface area contributed by atoms with Crippen molar-refractivity contribution in [3.05, 3.63) is 0 Å². The van der Waals surface area contributed by atoms with Gasteiger partial charge in [-0.2, -0.15) is 0 Å². The van der Waals surface area contributed by atoms with Gasteiger partial charge in [0.1, 0.15) is 0 Å². The average Bonchev–Trinajstić information content (AvgIpc) is 2.78. The Labute approximate surface area is 121 Å². The van der Waals surface area contributed by atoms with Crippen molar-refractivity contribution >= 4 is 29.9 Å². The fourth-order valence-electron chi connectivity index (χ4n) is 1.77. The minimum absolute atomic E-state index is 0. The third kappa shape index (κ3) is 5.87. The first-order valence-electron chi connectivity index (χ1n) is 5.75. The Hall–Kier alpha value is -0.0800. The van der Waals surface area contributed by atoms with Gasteiger partial charge in [0.15, 0.2) is 12.2 Å². The van der Waals surface area contributed by atoms with E-state index in [1.807, 2.05) is 0 Å². The molecule has 0 aromatic rings. The predicted molar refractivity (Wildman–Crippen MR) is 79.7 cm³/mol. The second-order valence-electron chi connectivity index (χ2n) is 4.70. The first-order chi connectivity index (χ1) is 7.56. The van der Waals surface area contributed by atoms with Crippen LogP contribution in [-0.2, 0) is 9.47 Å². The van der Waals surface area contributed by atoms with Crippen molar-refractivity contribution in [3.63, 3.8) is 0 Å². The normalized spacial score (nSPS) is 17.9. The summed E-state index contributed by atoms with van der Waals surface area (Å²) in [6, 6.07) is 0. The molecule has 0 amide bonds. The van der Waals surface area contributed by atoms with Crippen molar-refractivity contribution in [1.29, 1.82) is 0 Å². The van der Waals surface area contributed by atoms with E-state index in [1.165, 1.54) is 0 Å². The van der Waals surface area contributed by atoms with Gasteiger partial charge in [-0.05, 0) is 12.8 Å². The zero-order valence-corrected chi connectivity index (χ0v) is 13.2. The lowest BCUT2D eigenvalue weighted by atomic mass is 9.87. The van der Waals surface area contributed by atoms with Crippen LogP contribution in [0.4, 0.5) is 0 Å². The van der Waals surface area contributed by atoms with Crippen LogP contribution in [0.5, 0.6) is 0 Å². The molecule has 1 aliphatic rings. The lowest BCUT2D eigenvalue weighted by Gasteiger charge is -2.29. The summed E-state index contributed by atoms with van der Waals surface area (Å²) in [5, 5.41) is 3.04. The molecule has 1 aliphatic heterocycles. The molecule has 0 aromatic heterocycles. The largest absolute Gasteiger partial charge is 0.370 e. The number of hydrogen-bond donors (Lipinski definition) is 2. The molecule has 0 bridgehead atoms. The van der Waals surface area contributed by atoms with Crippen LogP contribution in [0, 0.1) is 5.41 Å². The zero-order chi connectivity index (χ0) is 12.0. The molecule has 102 valence electrons. The molecule has 0 spiro atoms. The number of halogens is 1. The highest BCUT2D eigenvalue weighted by Crippen LogP contribution is 2.31. The molecule has 6 heteroatoms. The smallest absolute Gasteiger partial charge is 0.188 e. The van der Waals surface area contributed by atoms with Crippen molar-refractivity contribution in [2.24, 2.45) is 16.1 Å². The molecular formula is C11H24IN3O2. The molecule has 5 nitrogen and oxygen atoms in total. The highest BCUT2D eigenvalue weighted by Gasteiger charge is 2.33. The van der Waals surface area contributed by atoms with Gasteiger partial charge in [0.25, 0.3) is 0 Å². The lowest BCUT2D eigenvalue weighted by molar-refractivity contribution is -0.122. The van der Waals surface area contributed by atoms with Crippen molar-refractivity contribution in [2.75, 3.05) is 26.8 Å². The Kier molecular flexibility index (Phi) is 8.06. The number of nitrogens with two attached hydrogens (primary N) is 1. The number of nitrogens with one attached hydrogen (secondary N) is 1. The molecule has 1 heterocycles. The molecular weight excluding hydrogens is 333 g/mol. The van der Waals surface area contributed by atoms with Crippen molar-refractivity contribution < 1.29 is 9.47 Å². The minimum Gasteiger partial charge on any atom is -0.370 e. The topological polar surface area (TPSA) is 68.9 Å². The van der Waals surface area contributed by atoms with E-state index in [2.05, 4.69) is 24.2 Å². The van der Waals surface area contributed by atoms with E-state index in [0.29, 0.717) is 19.2 Å². The maximum Gasteiger partial charge on any atom is 0.188 e. The minimum atomic E-state index is -0.0651. The number of nitrogens with zero attached hydrogens (tertiary/aromatic N) is 1. The molecule has 1 fully saturated rings. The third-order valence-corrected chi connectivity index (χ3v) is 2.80. The van der Waals surface area contributed by atoms with E-state index in [4.69, 9.17) is 15.2 Å². The van der Waals surface area contributed by atoms with Crippen LogP contribution < -0.4 is 11.1 Å². The van der Waals surface area contributed by atoms with E-state index in [0.717, 1.165) is 19.4 Å². The third-order valence-electron chi connectivity index (χ3n) is 2.80. The highest BCUT2D eigenvalue weighted by molar-refractivity contribution is 14.0. The Morgan fingerprint density at radius 2 is 2.00 bits per heavy atom. The van der Waals surface area contributed by atoms with Crippen molar-refractivity contribution in [1.82, 2.24) is 5.32 Å². The highest BCUT2D eigenvalue weighted by atomic mass is 127. The number of aliphatic imine (C=N–C) groups is 1. The van der Waals surface area contributed by atoms with Gasteiger partial charge in [-0.1, -0.05) is 13.8 Å². The summed E-state index contributed by atoms with van der Waals surface area (Å²) < 4.78 is 11.1. The standard InChI is InChI=1S/C11H23N3O2.HI/c1-11(2,9-15-7-8-16-9)5-4-6-14-10(12)13-3;/h9H,4-8H2,1-3H3,(H3,12,13,14);1H. The monoisotopic (exact) mass is 357 g/mol. The Morgan fingerprint density at radius 1 is 1.41 bits per heavy atom. The first kappa shape index (κ1) is 16.9. The molecule has 0 unspecified atom stereocenters. The van der Waals surface area contributed by atoms with Gasteiger partial charge >= 0.3 is 0 Å². The average molecular weight is 357 g/mol. The SMILES string of the molecule is CN=C(N)NCCCC(C)(C)C1OCCO1.I. The summed E-state index contributed by atoms with van der Waals surface area (Å²) in [7, 11) is 1.67. The summed E-state index contributed by atoms with van der Waals surface area (Å²) in [6.45, 7) is 6.59. The summed E-state index contributed by atoms with van der Waals surface area (Å²) in [6.07, 6.45) is 1.98. The fourth-order valence-corrected chi connectivity index (χ4v) is 1.77. The summed E-state index contributed by atoms with van der Waals surface area (Å²) in [5.41, 5.74) is 5.59. The van der Waals surface area contributed by atoms with Gasteiger partial charge in [-0.3, -0.25) is 4.99 Å². The quantitative estimate of drug-likeness (QED) is 0.337. The van der Waals surface area contributed by atoms with Crippen LogP contribution in [0.25, 0.3) is 0 Å². The second-order valence-corrected chi connectivity index (χ2v) is 4.70. The maximum atomic E-state index is 5.53. The van der Waals surface area contributed by atoms with Crippen molar-refractivity contribution in [2.45, 2.75) is 33.0 Å². The molecule has 0 saturated carbocycles. The van der Waals surface area contributed by atoms with Gasteiger partial charge in [-0.25, -0.2) is 0 Å². The number of guanidine groups is 1. The van der Waals surface area contributed by atoms with Crippen LogP contribution in [0.15, 0.2) is 4.99 Å². The summed E-state index contributed by atoms with van der Waals surface area (Å²) >= 11 is 0. The molecule has 0 radical (unpaired) electrons. The molecule has 1 saturated heterocycles. The summed E-state index contributed by atoms with van der Waals surface area (Å²) in [5.74, 6) is 0.492. The molecule has 0 aromatic carbocycles. The van der Waals surface area contributed by atoms with Crippen LogP contribution in [0.1, 0.15) is 26.7 Å². The number of hydrogen-bond acceptors (Lipinski definition) is 3. The summed E-state index contributed by atoms with van der Waals surface area (Å²) in [4.78, 5) is 3.83. The van der Waals surface area contributed by atoms with Crippen LogP contribution in [0.2, 0.25) is 0 Å². The predicted octanol–water partition coefficient (Wildman–Crippen LogP) is 1.32. The van der Waals surface area contributed by atoms with Gasteiger partial charge in [-0.15, -0.1) is 24.0 Å². The fraction of sp³-hybridized carbons (Fsp3) is 0.909. The van der Waals surface area contributed by atoms with E-state index in [9.17, 15) is 0 Å². The van der Waals surface area contributed by atoms with Crippen LogP contribution in [-0.4, -0.2) is 39.1 Å².